The van der Waals surface area contributed by atoms with Crippen LogP contribution in [-0.4, -0.2) is 29.4 Å². The molecule has 2 aromatic carbocycles. The average molecular weight is 413 g/mol. The van der Waals surface area contributed by atoms with Crippen molar-refractivity contribution in [2.24, 2.45) is 5.10 Å². The molecule has 0 atom stereocenters. The number of hydrazone groups is 1. The van der Waals surface area contributed by atoms with Crippen LogP contribution in [0.5, 0.6) is 5.75 Å². The van der Waals surface area contributed by atoms with E-state index in [1.807, 2.05) is 49.4 Å². The van der Waals surface area contributed by atoms with Gasteiger partial charge in [-0.3, -0.25) is 9.89 Å². The molecule has 1 amide bonds. The summed E-state index contributed by atoms with van der Waals surface area (Å²) in [5.41, 5.74) is 6.46. The molecule has 0 aliphatic carbocycles. The smallest absolute Gasteiger partial charge is 0.289 e. The lowest BCUT2D eigenvalue weighted by Crippen LogP contribution is -2.18. The lowest BCUT2D eigenvalue weighted by Gasteiger charge is -2.03. The molecule has 0 aliphatic heterocycles. The summed E-state index contributed by atoms with van der Waals surface area (Å²) >= 11 is 3.41. The number of hydrogen-bond acceptors (Lipinski definition) is 4. The molecule has 0 saturated carbocycles. The number of carbonyl (C=O) groups is 1. The Bertz CT molecular complexity index is 948. The van der Waals surface area contributed by atoms with Crippen LogP contribution in [0.3, 0.4) is 0 Å². The van der Waals surface area contributed by atoms with Crippen LogP contribution >= 0.6 is 15.9 Å². The van der Waals surface area contributed by atoms with Gasteiger partial charge in [-0.05, 0) is 52.7 Å². The summed E-state index contributed by atoms with van der Waals surface area (Å²) in [4.78, 5) is 12.2. The maximum atomic E-state index is 12.2. The highest BCUT2D eigenvalue weighted by atomic mass is 79.9. The molecule has 2 N–H and O–H groups in total. The summed E-state index contributed by atoms with van der Waals surface area (Å²) in [5, 5.41) is 10.9. The van der Waals surface area contributed by atoms with E-state index in [0.29, 0.717) is 11.4 Å². The molecule has 0 fully saturated rings. The van der Waals surface area contributed by atoms with Crippen LogP contribution < -0.4 is 10.2 Å². The van der Waals surface area contributed by atoms with Gasteiger partial charge in [0.1, 0.15) is 11.4 Å². The SMILES string of the molecule is COc1ccc(/C=N/NC(=O)c2cc(-c3ccc(C)cc3)n[nH]2)cc1Br. The summed E-state index contributed by atoms with van der Waals surface area (Å²) < 4.78 is 5.99. The predicted molar refractivity (Wildman–Crippen MR) is 105 cm³/mol. The van der Waals surface area contributed by atoms with E-state index in [1.54, 1.807) is 19.4 Å². The number of H-pyrrole nitrogens is 1. The maximum absolute atomic E-state index is 12.2. The van der Waals surface area contributed by atoms with Gasteiger partial charge in [-0.25, -0.2) is 5.43 Å². The highest BCUT2D eigenvalue weighted by Crippen LogP contribution is 2.24. The van der Waals surface area contributed by atoms with Crippen LogP contribution in [-0.2, 0) is 0 Å². The van der Waals surface area contributed by atoms with Gasteiger partial charge >= 0.3 is 0 Å². The van der Waals surface area contributed by atoms with Crippen molar-refractivity contribution in [3.05, 3.63) is 69.8 Å². The molecular weight excluding hydrogens is 396 g/mol. The van der Waals surface area contributed by atoms with Gasteiger partial charge in [0, 0.05) is 5.56 Å². The zero-order valence-corrected chi connectivity index (χ0v) is 15.9. The van der Waals surface area contributed by atoms with E-state index in [1.165, 1.54) is 5.56 Å². The number of nitrogens with zero attached hydrogens (tertiary/aromatic N) is 2. The largest absolute Gasteiger partial charge is 0.496 e. The normalized spacial score (nSPS) is 10.9. The zero-order valence-electron chi connectivity index (χ0n) is 14.3. The van der Waals surface area contributed by atoms with Crippen LogP contribution in [0, 0.1) is 6.92 Å². The van der Waals surface area contributed by atoms with E-state index in [9.17, 15) is 4.79 Å². The van der Waals surface area contributed by atoms with Gasteiger partial charge < -0.3 is 4.74 Å². The molecule has 0 radical (unpaired) electrons. The molecule has 3 rings (SSSR count). The lowest BCUT2D eigenvalue weighted by molar-refractivity contribution is 0.0950. The molecule has 1 heterocycles. The van der Waals surface area contributed by atoms with Gasteiger partial charge in [0.15, 0.2) is 0 Å². The van der Waals surface area contributed by atoms with E-state index >= 15 is 0 Å². The predicted octanol–water partition coefficient (Wildman–Crippen LogP) is 3.92. The minimum atomic E-state index is -0.361. The summed E-state index contributed by atoms with van der Waals surface area (Å²) in [7, 11) is 1.60. The van der Waals surface area contributed by atoms with Crippen LogP contribution in [0.1, 0.15) is 21.6 Å². The number of nitrogens with one attached hydrogen (secondary N) is 2. The molecule has 3 aromatic rings. The molecule has 0 unspecified atom stereocenters. The molecule has 0 bridgehead atoms. The minimum absolute atomic E-state index is 0.341. The quantitative estimate of drug-likeness (QED) is 0.492. The minimum Gasteiger partial charge on any atom is -0.496 e. The Morgan fingerprint density at radius 3 is 2.69 bits per heavy atom. The number of rotatable bonds is 5. The molecule has 7 heteroatoms. The first-order valence-electron chi connectivity index (χ1n) is 7.86. The van der Waals surface area contributed by atoms with Crippen LogP contribution in [0.15, 0.2) is 58.1 Å². The van der Waals surface area contributed by atoms with E-state index in [4.69, 9.17) is 4.74 Å². The fourth-order valence-corrected chi connectivity index (χ4v) is 2.86. The van der Waals surface area contributed by atoms with E-state index in [0.717, 1.165) is 21.3 Å². The fraction of sp³-hybridized carbons (Fsp3) is 0.105. The number of aromatic nitrogens is 2. The van der Waals surface area contributed by atoms with Crippen molar-refractivity contribution in [2.45, 2.75) is 6.92 Å². The number of aryl methyl sites for hydroxylation is 1. The number of halogens is 1. The number of benzene rings is 2. The van der Waals surface area contributed by atoms with Crippen LogP contribution in [0.25, 0.3) is 11.3 Å². The van der Waals surface area contributed by atoms with Crippen molar-refractivity contribution in [1.29, 1.82) is 0 Å². The second-order valence-corrected chi connectivity index (χ2v) is 6.48. The topological polar surface area (TPSA) is 79.4 Å². The second kappa shape index (κ2) is 7.97. The van der Waals surface area contributed by atoms with Gasteiger partial charge in [-0.1, -0.05) is 29.8 Å². The summed E-state index contributed by atoms with van der Waals surface area (Å²) in [6.07, 6.45) is 1.55. The number of carbonyl (C=O) groups excluding carboxylic acids is 1. The van der Waals surface area contributed by atoms with Crippen molar-refractivity contribution in [3.8, 4) is 17.0 Å². The van der Waals surface area contributed by atoms with E-state index < -0.39 is 0 Å². The van der Waals surface area contributed by atoms with Gasteiger partial charge in [0.25, 0.3) is 5.91 Å². The molecule has 26 heavy (non-hydrogen) atoms. The molecular formula is C19H17BrN4O2. The Labute approximate surface area is 159 Å². The standard InChI is InChI=1S/C19H17BrN4O2/c1-12-3-6-14(7-4-12)16-10-17(23-22-16)19(25)24-21-11-13-5-8-18(26-2)15(20)9-13/h3-11H,1-2H3,(H,22,23)(H,24,25)/b21-11+. The number of hydrogen-bond donors (Lipinski definition) is 2. The summed E-state index contributed by atoms with van der Waals surface area (Å²) in [5.74, 6) is 0.368. The maximum Gasteiger partial charge on any atom is 0.289 e. The fourth-order valence-electron chi connectivity index (χ4n) is 2.30. The van der Waals surface area contributed by atoms with Crippen molar-refractivity contribution >= 4 is 28.1 Å². The highest BCUT2D eigenvalue weighted by Gasteiger charge is 2.10. The summed E-state index contributed by atoms with van der Waals surface area (Å²) in [6.45, 7) is 2.02. The molecule has 0 aliphatic rings. The Kier molecular flexibility index (Phi) is 5.48. The van der Waals surface area contributed by atoms with Gasteiger partial charge in [0.2, 0.25) is 0 Å². The first-order valence-corrected chi connectivity index (χ1v) is 8.65. The van der Waals surface area contributed by atoms with Gasteiger partial charge in [-0.2, -0.15) is 10.2 Å². The van der Waals surface area contributed by atoms with Crippen molar-refractivity contribution in [1.82, 2.24) is 15.6 Å². The number of ether oxygens (including phenoxy) is 1. The first kappa shape index (κ1) is 17.9. The van der Waals surface area contributed by atoms with E-state index in [2.05, 4.69) is 36.7 Å². The number of amides is 1. The lowest BCUT2D eigenvalue weighted by atomic mass is 10.1. The third kappa shape index (κ3) is 4.18. The highest BCUT2D eigenvalue weighted by molar-refractivity contribution is 9.10. The molecule has 132 valence electrons. The van der Waals surface area contributed by atoms with Gasteiger partial charge in [0.05, 0.1) is 23.5 Å². The molecule has 1 aromatic heterocycles. The third-order valence-electron chi connectivity index (χ3n) is 3.73. The first-order chi connectivity index (χ1) is 12.6. The Morgan fingerprint density at radius 2 is 2.00 bits per heavy atom. The van der Waals surface area contributed by atoms with Crippen molar-refractivity contribution in [3.63, 3.8) is 0 Å². The monoisotopic (exact) mass is 412 g/mol. The Hall–Kier alpha value is -2.93. The Morgan fingerprint density at radius 1 is 1.23 bits per heavy atom. The molecule has 0 saturated heterocycles. The van der Waals surface area contributed by atoms with Crippen molar-refractivity contribution in [2.75, 3.05) is 7.11 Å². The number of aromatic amines is 1. The second-order valence-electron chi connectivity index (χ2n) is 5.63. The number of methoxy groups -OCH3 is 1. The van der Waals surface area contributed by atoms with E-state index in [-0.39, 0.29) is 5.91 Å². The molecule has 6 nitrogen and oxygen atoms in total. The zero-order chi connectivity index (χ0) is 18.5. The van der Waals surface area contributed by atoms with Crippen molar-refractivity contribution < 1.29 is 9.53 Å². The third-order valence-corrected chi connectivity index (χ3v) is 4.35. The molecule has 0 spiro atoms. The average Bonchev–Trinajstić information content (AvgIpc) is 3.12. The summed E-state index contributed by atoms with van der Waals surface area (Å²) in [6, 6.07) is 15.1. The van der Waals surface area contributed by atoms with Crippen LogP contribution in [0.2, 0.25) is 0 Å². The Balaban J connectivity index is 1.65. The van der Waals surface area contributed by atoms with Crippen LogP contribution in [0.4, 0.5) is 0 Å². The van der Waals surface area contributed by atoms with Gasteiger partial charge in [-0.15, -0.1) is 0 Å².